The number of benzene rings is 1. The van der Waals surface area contributed by atoms with E-state index in [0.29, 0.717) is 25.9 Å². The van der Waals surface area contributed by atoms with Crippen LogP contribution in [0.25, 0.3) is 0 Å². The van der Waals surface area contributed by atoms with Crippen molar-refractivity contribution in [3.8, 4) is 0 Å². The second-order valence-electron chi connectivity index (χ2n) is 4.86. The molecule has 1 aromatic carbocycles. The van der Waals surface area contributed by atoms with Gasteiger partial charge in [-0.1, -0.05) is 12.1 Å². The summed E-state index contributed by atoms with van der Waals surface area (Å²) in [4.78, 5) is 0. The van der Waals surface area contributed by atoms with Gasteiger partial charge in [-0.25, -0.2) is 0 Å². The maximum absolute atomic E-state index is 9.59. The summed E-state index contributed by atoms with van der Waals surface area (Å²) >= 11 is 0. The fourth-order valence-electron chi connectivity index (χ4n) is 2.29. The van der Waals surface area contributed by atoms with E-state index in [1.807, 2.05) is 12.1 Å². The molecule has 0 aliphatic rings. The summed E-state index contributed by atoms with van der Waals surface area (Å²) in [6, 6.07) is 3.94. The van der Waals surface area contributed by atoms with Crippen LogP contribution in [0.4, 0.5) is 0 Å². The van der Waals surface area contributed by atoms with Crippen LogP contribution >= 0.6 is 0 Å². The van der Waals surface area contributed by atoms with Crippen LogP contribution in [0.3, 0.4) is 0 Å². The van der Waals surface area contributed by atoms with Crippen molar-refractivity contribution in [3.63, 3.8) is 0 Å². The van der Waals surface area contributed by atoms with E-state index in [4.69, 9.17) is 11.5 Å². The monoisotopic (exact) mass is 252 g/mol. The summed E-state index contributed by atoms with van der Waals surface area (Å²) in [5.41, 5.74) is 15.7. The van der Waals surface area contributed by atoms with E-state index in [-0.39, 0.29) is 0 Å². The summed E-state index contributed by atoms with van der Waals surface area (Å²) < 4.78 is 0. The standard InChI is InChI=1S/C14H24N2O2/c1-9(17)5-11-3-4-12(7-15)13(6-10(2)18)14(11)8-16/h3-4,9-10,17-18H,5-8,15-16H2,1-2H3. The topological polar surface area (TPSA) is 92.5 Å². The molecule has 0 fully saturated rings. The van der Waals surface area contributed by atoms with E-state index in [0.717, 1.165) is 22.3 Å². The van der Waals surface area contributed by atoms with Gasteiger partial charge >= 0.3 is 0 Å². The first kappa shape index (κ1) is 15.1. The quantitative estimate of drug-likeness (QED) is 0.591. The van der Waals surface area contributed by atoms with E-state index >= 15 is 0 Å². The highest BCUT2D eigenvalue weighted by atomic mass is 16.3. The van der Waals surface area contributed by atoms with Gasteiger partial charge in [0.05, 0.1) is 12.2 Å². The van der Waals surface area contributed by atoms with Crippen LogP contribution in [0, 0.1) is 0 Å². The Kier molecular flexibility index (Phi) is 5.75. The van der Waals surface area contributed by atoms with Gasteiger partial charge in [-0.05, 0) is 48.9 Å². The van der Waals surface area contributed by atoms with Gasteiger partial charge in [-0.3, -0.25) is 0 Å². The maximum Gasteiger partial charge on any atom is 0.0552 e. The molecule has 0 bridgehead atoms. The van der Waals surface area contributed by atoms with Crippen LogP contribution in [0.2, 0.25) is 0 Å². The van der Waals surface area contributed by atoms with Gasteiger partial charge < -0.3 is 21.7 Å². The molecule has 0 saturated heterocycles. The molecule has 4 nitrogen and oxygen atoms in total. The molecular formula is C14H24N2O2. The molecule has 1 aromatic rings. The van der Waals surface area contributed by atoms with Crippen LogP contribution in [0.15, 0.2) is 12.1 Å². The zero-order valence-corrected chi connectivity index (χ0v) is 11.2. The number of aliphatic hydroxyl groups excluding tert-OH is 2. The number of aliphatic hydroxyl groups is 2. The van der Waals surface area contributed by atoms with E-state index in [2.05, 4.69) is 0 Å². The average molecular weight is 252 g/mol. The molecule has 6 N–H and O–H groups in total. The molecule has 2 atom stereocenters. The van der Waals surface area contributed by atoms with Gasteiger partial charge in [-0.15, -0.1) is 0 Å². The molecule has 0 amide bonds. The molecule has 0 aliphatic heterocycles. The fourth-order valence-corrected chi connectivity index (χ4v) is 2.29. The molecule has 0 aromatic heterocycles. The maximum atomic E-state index is 9.59. The molecular weight excluding hydrogens is 228 g/mol. The second-order valence-corrected chi connectivity index (χ2v) is 4.86. The third-order valence-corrected chi connectivity index (χ3v) is 3.06. The minimum Gasteiger partial charge on any atom is -0.393 e. The van der Waals surface area contributed by atoms with Gasteiger partial charge in [0.25, 0.3) is 0 Å². The molecule has 18 heavy (non-hydrogen) atoms. The van der Waals surface area contributed by atoms with E-state index in [1.165, 1.54) is 0 Å². The third kappa shape index (κ3) is 3.78. The van der Waals surface area contributed by atoms with Gasteiger partial charge in [0.15, 0.2) is 0 Å². The van der Waals surface area contributed by atoms with Crippen LogP contribution in [-0.2, 0) is 25.9 Å². The lowest BCUT2D eigenvalue weighted by atomic mass is 9.90. The van der Waals surface area contributed by atoms with Crippen molar-refractivity contribution in [2.45, 2.75) is 52.0 Å². The van der Waals surface area contributed by atoms with Gasteiger partial charge in [0.1, 0.15) is 0 Å². The Morgan fingerprint density at radius 3 is 1.89 bits per heavy atom. The molecule has 4 heteroatoms. The van der Waals surface area contributed by atoms with E-state index in [1.54, 1.807) is 13.8 Å². The molecule has 2 unspecified atom stereocenters. The number of nitrogens with two attached hydrogens (primary N) is 2. The summed E-state index contributed by atoms with van der Waals surface area (Å²) in [5.74, 6) is 0. The molecule has 0 aliphatic carbocycles. The van der Waals surface area contributed by atoms with Gasteiger partial charge in [0.2, 0.25) is 0 Å². The van der Waals surface area contributed by atoms with Crippen molar-refractivity contribution < 1.29 is 10.2 Å². The third-order valence-electron chi connectivity index (χ3n) is 3.06. The Balaban J connectivity index is 3.23. The van der Waals surface area contributed by atoms with Crippen molar-refractivity contribution in [1.82, 2.24) is 0 Å². The highest BCUT2D eigenvalue weighted by molar-refractivity contribution is 5.42. The van der Waals surface area contributed by atoms with Crippen molar-refractivity contribution in [2.24, 2.45) is 11.5 Å². The Hall–Kier alpha value is -0.940. The van der Waals surface area contributed by atoms with Crippen molar-refractivity contribution in [1.29, 1.82) is 0 Å². The fraction of sp³-hybridized carbons (Fsp3) is 0.571. The summed E-state index contributed by atoms with van der Waals surface area (Å²) in [6.45, 7) is 4.34. The molecule has 1 rings (SSSR count). The Morgan fingerprint density at radius 1 is 0.889 bits per heavy atom. The predicted molar refractivity (Wildman–Crippen MR) is 73.0 cm³/mol. The predicted octanol–water partition coefficient (Wildman–Crippen LogP) is 0.451. The summed E-state index contributed by atoms with van der Waals surface area (Å²) in [7, 11) is 0. The molecule has 0 radical (unpaired) electrons. The van der Waals surface area contributed by atoms with Gasteiger partial charge in [0, 0.05) is 13.1 Å². The molecule has 0 heterocycles. The first-order chi connectivity index (χ1) is 8.49. The Labute approximate surface area is 109 Å². The van der Waals surface area contributed by atoms with Crippen molar-refractivity contribution >= 4 is 0 Å². The normalized spacial score (nSPS) is 14.6. The number of hydrogen-bond donors (Lipinski definition) is 4. The average Bonchev–Trinajstić information content (AvgIpc) is 2.28. The van der Waals surface area contributed by atoms with Crippen molar-refractivity contribution in [3.05, 3.63) is 34.4 Å². The zero-order valence-electron chi connectivity index (χ0n) is 11.2. The first-order valence-electron chi connectivity index (χ1n) is 6.38. The lowest BCUT2D eigenvalue weighted by molar-refractivity contribution is 0.193. The second kappa shape index (κ2) is 6.85. The van der Waals surface area contributed by atoms with E-state index < -0.39 is 12.2 Å². The zero-order chi connectivity index (χ0) is 13.7. The highest BCUT2D eigenvalue weighted by Gasteiger charge is 2.14. The van der Waals surface area contributed by atoms with Crippen molar-refractivity contribution in [2.75, 3.05) is 0 Å². The lowest BCUT2D eigenvalue weighted by Crippen LogP contribution is -2.17. The molecule has 102 valence electrons. The summed E-state index contributed by atoms with van der Waals surface area (Å²) in [5, 5.41) is 19.1. The smallest absolute Gasteiger partial charge is 0.0552 e. The Bertz CT molecular complexity index is 390. The van der Waals surface area contributed by atoms with Crippen LogP contribution < -0.4 is 11.5 Å². The number of hydrogen-bond acceptors (Lipinski definition) is 4. The first-order valence-corrected chi connectivity index (χ1v) is 6.38. The minimum atomic E-state index is -0.428. The molecule has 0 spiro atoms. The SMILES string of the molecule is CC(O)Cc1ccc(CN)c(CC(C)O)c1CN. The van der Waals surface area contributed by atoms with Crippen LogP contribution in [0.5, 0.6) is 0 Å². The summed E-state index contributed by atoms with van der Waals surface area (Å²) in [6.07, 6.45) is 0.289. The van der Waals surface area contributed by atoms with E-state index in [9.17, 15) is 10.2 Å². The number of rotatable bonds is 6. The molecule has 0 saturated carbocycles. The highest BCUT2D eigenvalue weighted by Crippen LogP contribution is 2.22. The minimum absolute atomic E-state index is 0.401. The lowest BCUT2D eigenvalue weighted by Gasteiger charge is -2.19. The largest absolute Gasteiger partial charge is 0.393 e. The van der Waals surface area contributed by atoms with Crippen LogP contribution in [0.1, 0.15) is 36.1 Å². The van der Waals surface area contributed by atoms with Crippen LogP contribution in [-0.4, -0.2) is 22.4 Å². The Morgan fingerprint density at radius 2 is 1.44 bits per heavy atom. The van der Waals surface area contributed by atoms with Gasteiger partial charge in [-0.2, -0.15) is 0 Å².